The van der Waals surface area contributed by atoms with Crippen molar-refractivity contribution in [2.45, 2.75) is 59.3 Å². The molecule has 1 saturated heterocycles. The number of nitrogens with zero attached hydrogens (tertiary/aromatic N) is 1. The van der Waals surface area contributed by atoms with Crippen LogP contribution in [-0.2, 0) is 4.79 Å². The van der Waals surface area contributed by atoms with Crippen molar-refractivity contribution < 1.29 is 4.79 Å². The van der Waals surface area contributed by atoms with Gasteiger partial charge in [0, 0.05) is 6.04 Å². The summed E-state index contributed by atoms with van der Waals surface area (Å²) in [6.07, 6.45) is 0.977. The zero-order valence-electron chi connectivity index (χ0n) is 13.2. The number of carbonyl (C=O) groups excluding carboxylic acids is 1. The van der Waals surface area contributed by atoms with E-state index in [1.807, 2.05) is 4.90 Å². The van der Waals surface area contributed by atoms with Gasteiger partial charge in [0.05, 0.1) is 6.04 Å². The van der Waals surface area contributed by atoms with E-state index >= 15 is 0 Å². The highest BCUT2D eigenvalue weighted by Gasteiger charge is 2.42. The third-order valence-corrected chi connectivity index (χ3v) is 4.23. The lowest BCUT2D eigenvalue weighted by atomic mass is 10.0. The number of rotatable bonds is 4. The van der Waals surface area contributed by atoms with Crippen LogP contribution in [0.5, 0.6) is 0 Å². The summed E-state index contributed by atoms with van der Waals surface area (Å²) in [5.41, 5.74) is 2.41. The second kappa shape index (κ2) is 5.96. The Morgan fingerprint density at radius 3 is 2.55 bits per heavy atom. The van der Waals surface area contributed by atoms with Crippen LogP contribution in [0, 0.1) is 12.8 Å². The SMILES string of the molecule is CCC(C)N1C(=O)C(C(C)C)NC1c1cccc(C)c1. The van der Waals surface area contributed by atoms with Gasteiger partial charge in [-0.15, -0.1) is 0 Å². The molecule has 110 valence electrons. The van der Waals surface area contributed by atoms with Crippen molar-refractivity contribution in [3.63, 3.8) is 0 Å². The minimum absolute atomic E-state index is 0.00440. The van der Waals surface area contributed by atoms with E-state index in [1.54, 1.807) is 0 Å². The van der Waals surface area contributed by atoms with Crippen LogP contribution in [0.3, 0.4) is 0 Å². The third-order valence-electron chi connectivity index (χ3n) is 4.23. The van der Waals surface area contributed by atoms with Gasteiger partial charge in [0.25, 0.3) is 0 Å². The van der Waals surface area contributed by atoms with Crippen LogP contribution < -0.4 is 5.32 Å². The maximum atomic E-state index is 12.7. The topological polar surface area (TPSA) is 32.3 Å². The Labute approximate surface area is 122 Å². The largest absolute Gasteiger partial charge is 0.319 e. The van der Waals surface area contributed by atoms with E-state index in [9.17, 15) is 4.79 Å². The maximum Gasteiger partial charge on any atom is 0.241 e. The molecular formula is C17H26N2O. The molecule has 0 radical (unpaired) electrons. The molecule has 1 amide bonds. The predicted octanol–water partition coefficient (Wildman–Crippen LogP) is 3.25. The fourth-order valence-corrected chi connectivity index (χ4v) is 2.85. The normalized spacial score (nSPS) is 24.5. The highest BCUT2D eigenvalue weighted by molar-refractivity contribution is 5.85. The minimum Gasteiger partial charge on any atom is -0.319 e. The first-order valence-electron chi connectivity index (χ1n) is 7.60. The Balaban J connectivity index is 2.36. The monoisotopic (exact) mass is 274 g/mol. The molecule has 1 aromatic rings. The Morgan fingerprint density at radius 1 is 1.30 bits per heavy atom. The molecule has 1 aliphatic rings. The molecule has 1 aromatic carbocycles. The number of aryl methyl sites for hydroxylation is 1. The van der Waals surface area contributed by atoms with E-state index in [4.69, 9.17) is 0 Å². The third kappa shape index (κ3) is 2.73. The lowest BCUT2D eigenvalue weighted by molar-refractivity contribution is -0.132. The molecule has 2 rings (SSSR count). The van der Waals surface area contributed by atoms with Gasteiger partial charge in [-0.1, -0.05) is 50.6 Å². The van der Waals surface area contributed by atoms with Crippen molar-refractivity contribution >= 4 is 5.91 Å². The van der Waals surface area contributed by atoms with Crippen LogP contribution in [0.2, 0.25) is 0 Å². The summed E-state index contributed by atoms with van der Waals surface area (Å²) in [5.74, 6) is 0.546. The van der Waals surface area contributed by atoms with Crippen molar-refractivity contribution in [3.05, 3.63) is 35.4 Å². The van der Waals surface area contributed by atoms with E-state index < -0.39 is 0 Å². The molecule has 3 unspecified atom stereocenters. The molecule has 20 heavy (non-hydrogen) atoms. The summed E-state index contributed by atoms with van der Waals surface area (Å²) in [7, 11) is 0. The summed E-state index contributed by atoms with van der Waals surface area (Å²) in [4.78, 5) is 14.7. The van der Waals surface area contributed by atoms with Crippen LogP contribution in [0.4, 0.5) is 0 Å². The Morgan fingerprint density at radius 2 is 2.00 bits per heavy atom. The first kappa shape index (κ1) is 15.0. The average molecular weight is 274 g/mol. The number of benzene rings is 1. The molecule has 0 aromatic heterocycles. The van der Waals surface area contributed by atoms with Gasteiger partial charge >= 0.3 is 0 Å². The van der Waals surface area contributed by atoms with Gasteiger partial charge in [-0.25, -0.2) is 0 Å². The molecule has 3 heteroatoms. The first-order chi connectivity index (χ1) is 9.45. The highest BCUT2D eigenvalue weighted by Crippen LogP contribution is 2.31. The van der Waals surface area contributed by atoms with E-state index in [1.165, 1.54) is 11.1 Å². The smallest absolute Gasteiger partial charge is 0.241 e. The van der Waals surface area contributed by atoms with Gasteiger partial charge in [0.1, 0.15) is 6.17 Å². The van der Waals surface area contributed by atoms with E-state index in [0.29, 0.717) is 5.92 Å². The summed E-state index contributed by atoms with van der Waals surface area (Å²) in [6.45, 7) is 10.6. The standard InChI is InChI=1S/C17H26N2O/c1-6-13(5)19-16(14-9-7-8-12(4)10-14)18-15(11(2)3)17(19)20/h7-11,13,15-16,18H,6H2,1-5H3. The molecule has 3 nitrogen and oxygen atoms in total. The van der Waals surface area contributed by atoms with Crippen molar-refractivity contribution in [1.29, 1.82) is 0 Å². The number of amides is 1. The van der Waals surface area contributed by atoms with Crippen LogP contribution in [0.25, 0.3) is 0 Å². The second-order valence-electron chi connectivity index (χ2n) is 6.21. The van der Waals surface area contributed by atoms with Gasteiger partial charge in [-0.3, -0.25) is 10.1 Å². The van der Waals surface area contributed by atoms with Gasteiger partial charge in [0.2, 0.25) is 5.91 Å². The number of nitrogens with one attached hydrogen (secondary N) is 1. The zero-order chi connectivity index (χ0) is 14.9. The number of carbonyl (C=O) groups is 1. The van der Waals surface area contributed by atoms with Crippen molar-refractivity contribution in [2.24, 2.45) is 5.92 Å². The molecule has 1 fully saturated rings. The lowest BCUT2D eigenvalue weighted by Gasteiger charge is -2.30. The maximum absolute atomic E-state index is 12.7. The highest BCUT2D eigenvalue weighted by atomic mass is 16.2. The summed E-state index contributed by atoms with van der Waals surface area (Å²) >= 11 is 0. The molecule has 0 spiro atoms. The van der Waals surface area contributed by atoms with E-state index in [0.717, 1.165) is 6.42 Å². The molecule has 3 atom stereocenters. The van der Waals surface area contributed by atoms with Crippen molar-refractivity contribution in [2.75, 3.05) is 0 Å². The van der Waals surface area contributed by atoms with E-state index in [-0.39, 0.29) is 24.2 Å². The first-order valence-corrected chi connectivity index (χ1v) is 7.60. The van der Waals surface area contributed by atoms with Crippen LogP contribution in [0.1, 0.15) is 51.4 Å². The molecular weight excluding hydrogens is 248 g/mol. The van der Waals surface area contributed by atoms with Crippen molar-refractivity contribution in [1.82, 2.24) is 10.2 Å². The van der Waals surface area contributed by atoms with Gasteiger partial charge in [-0.05, 0) is 31.7 Å². The molecule has 1 aliphatic heterocycles. The Bertz CT molecular complexity index is 484. The van der Waals surface area contributed by atoms with Crippen LogP contribution in [0.15, 0.2) is 24.3 Å². The van der Waals surface area contributed by atoms with Gasteiger partial charge in [-0.2, -0.15) is 0 Å². The lowest BCUT2D eigenvalue weighted by Crippen LogP contribution is -2.39. The fourth-order valence-electron chi connectivity index (χ4n) is 2.85. The molecule has 0 saturated carbocycles. The molecule has 1 N–H and O–H groups in total. The summed E-state index contributed by atoms with van der Waals surface area (Å²) in [6, 6.07) is 8.61. The van der Waals surface area contributed by atoms with Gasteiger partial charge in [0.15, 0.2) is 0 Å². The number of hydrogen-bond donors (Lipinski definition) is 1. The van der Waals surface area contributed by atoms with Gasteiger partial charge < -0.3 is 4.90 Å². The van der Waals surface area contributed by atoms with Crippen LogP contribution >= 0.6 is 0 Å². The quantitative estimate of drug-likeness (QED) is 0.914. The summed E-state index contributed by atoms with van der Waals surface area (Å²) < 4.78 is 0. The molecule has 0 bridgehead atoms. The Kier molecular flexibility index (Phi) is 4.48. The Hall–Kier alpha value is -1.35. The summed E-state index contributed by atoms with van der Waals surface area (Å²) in [5, 5.41) is 3.53. The molecule has 1 heterocycles. The minimum atomic E-state index is -0.0745. The predicted molar refractivity (Wildman–Crippen MR) is 82.3 cm³/mol. The van der Waals surface area contributed by atoms with Crippen molar-refractivity contribution in [3.8, 4) is 0 Å². The second-order valence-corrected chi connectivity index (χ2v) is 6.21. The zero-order valence-corrected chi connectivity index (χ0v) is 13.2. The average Bonchev–Trinajstić information content (AvgIpc) is 2.75. The van der Waals surface area contributed by atoms with Crippen LogP contribution in [-0.4, -0.2) is 22.9 Å². The van der Waals surface area contributed by atoms with E-state index in [2.05, 4.69) is 64.2 Å². The fraction of sp³-hybridized carbons (Fsp3) is 0.588. The molecule has 0 aliphatic carbocycles. The number of hydrogen-bond acceptors (Lipinski definition) is 2.